The SMILES string of the molecule is COC(=O)c1ccncc1CC[C@@H]1CCOc2cc(-c3ccccc3C#N)ccc21. The van der Waals surface area contributed by atoms with Gasteiger partial charge in [0.2, 0.25) is 0 Å². The summed E-state index contributed by atoms with van der Waals surface area (Å²) in [7, 11) is 1.39. The molecule has 0 spiro atoms. The molecule has 0 N–H and O–H groups in total. The molecule has 5 heteroatoms. The summed E-state index contributed by atoms with van der Waals surface area (Å²) >= 11 is 0. The molecule has 0 saturated carbocycles. The third kappa shape index (κ3) is 3.90. The Kier molecular flexibility index (Phi) is 5.76. The van der Waals surface area contributed by atoms with Crippen molar-refractivity contribution in [1.29, 1.82) is 5.26 Å². The highest BCUT2D eigenvalue weighted by atomic mass is 16.5. The van der Waals surface area contributed by atoms with E-state index in [0.717, 1.165) is 41.7 Å². The van der Waals surface area contributed by atoms with Crippen LogP contribution in [0.15, 0.2) is 60.9 Å². The van der Waals surface area contributed by atoms with Gasteiger partial charge in [0.1, 0.15) is 5.75 Å². The van der Waals surface area contributed by atoms with Gasteiger partial charge < -0.3 is 9.47 Å². The number of rotatable bonds is 5. The number of pyridine rings is 1. The first kappa shape index (κ1) is 19.7. The van der Waals surface area contributed by atoms with E-state index in [-0.39, 0.29) is 5.97 Å². The number of ether oxygens (including phenoxy) is 2. The molecule has 0 fully saturated rings. The van der Waals surface area contributed by atoms with E-state index in [9.17, 15) is 10.1 Å². The van der Waals surface area contributed by atoms with Gasteiger partial charge in [0.15, 0.2) is 0 Å². The smallest absolute Gasteiger partial charge is 0.338 e. The van der Waals surface area contributed by atoms with Gasteiger partial charge in [-0.15, -0.1) is 0 Å². The Bertz CT molecular complexity index is 1120. The monoisotopic (exact) mass is 398 g/mol. The highest BCUT2D eigenvalue weighted by Gasteiger charge is 2.23. The molecule has 0 radical (unpaired) electrons. The van der Waals surface area contributed by atoms with Crippen LogP contribution in [-0.4, -0.2) is 24.7 Å². The molecule has 2 aromatic carbocycles. The molecule has 0 saturated heterocycles. The lowest BCUT2D eigenvalue weighted by molar-refractivity contribution is 0.0599. The zero-order valence-electron chi connectivity index (χ0n) is 16.8. The molecular formula is C25H22N2O3. The van der Waals surface area contributed by atoms with E-state index >= 15 is 0 Å². The van der Waals surface area contributed by atoms with Crippen LogP contribution in [0.4, 0.5) is 0 Å². The second kappa shape index (κ2) is 8.79. The van der Waals surface area contributed by atoms with Crippen LogP contribution in [0, 0.1) is 11.3 Å². The Labute approximate surface area is 175 Å². The molecule has 3 aromatic rings. The number of benzene rings is 2. The van der Waals surface area contributed by atoms with Crippen LogP contribution in [-0.2, 0) is 11.2 Å². The van der Waals surface area contributed by atoms with E-state index in [1.165, 1.54) is 12.7 Å². The summed E-state index contributed by atoms with van der Waals surface area (Å²) in [5, 5.41) is 9.40. The summed E-state index contributed by atoms with van der Waals surface area (Å²) in [4.78, 5) is 16.2. The van der Waals surface area contributed by atoms with Gasteiger partial charge in [-0.25, -0.2) is 4.79 Å². The number of fused-ring (bicyclic) bond motifs is 1. The average Bonchev–Trinajstić information content (AvgIpc) is 2.82. The highest BCUT2D eigenvalue weighted by Crippen LogP contribution is 2.39. The second-order valence-corrected chi connectivity index (χ2v) is 7.31. The van der Waals surface area contributed by atoms with Gasteiger partial charge >= 0.3 is 5.97 Å². The molecule has 4 rings (SSSR count). The van der Waals surface area contributed by atoms with Crippen molar-refractivity contribution in [2.75, 3.05) is 13.7 Å². The molecule has 0 aliphatic carbocycles. The summed E-state index contributed by atoms with van der Waals surface area (Å²) in [5.74, 6) is 0.871. The van der Waals surface area contributed by atoms with Gasteiger partial charge in [0.05, 0.1) is 30.9 Å². The molecule has 5 nitrogen and oxygen atoms in total. The van der Waals surface area contributed by atoms with Crippen LogP contribution in [0.1, 0.15) is 45.8 Å². The lowest BCUT2D eigenvalue weighted by atomic mass is 9.86. The maximum absolute atomic E-state index is 12.0. The molecule has 150 valence electrons. The number of esters is 1. The minimum atomic E-state index is -0.333. The minimum absolute atomic E-state index is 0.333. The van der Waals surface area contributed by atoms with Crippen LogP contribution in [0.25, 0.3) is 11.1 Å². The molecule has 1 atom stereocenters. The Balaban J connectivity index is 1.57. The first-order valence-electron chi connectivity index (χ1n) is 9.98. The number of aryl methyl sites for hydroxylation is 1. The van der Waals surface area contributed by atoms with Crippen molar-refractivity contribution < 1.29 is 14.3 Å². The molecule has 0 bridgehead atoms. The zero-order chi connectivity index (χ0) is 20.9. The molecule has 1 aliphatic rings. The van der Waals surface area contributed by atoms with E-state index in [2.05, 4.69) is 23.2 Å². The first-order valence-corrected chi connectivity index (χ1v) is 9.98. The number of methoxy groups -OCH3 is 1. The molecule has 0 unspecified atom stereocenters. The molecule has 1 aliphatic heterocycles. The molecule has 30 heavy (non-hydrogen) atoms. The molecular weight excluding hydrogens is 376 g/mol. The Morgan fingerprint density at radius 3 is 2.97 bits per heavy atom. The lowest BCUT2D eigenvalue weighted by Crippen LogP contribution is -2.15. The fourth-order valence-corrected chi connectivity index (χ4v) is 4.03. The van der Waals surface area contributed by atoms with E-state index in [1.54, 1.807) is 18.5 Å². The van der Waals surface area contributed by atoms with Crippen LogP contribution in [0.2, 0.25) is 0 Å². The van der Waals surface area contributed by atoms with Crippen LogP contribution in [0.5, 0.6) is 5.75 Å². The molecule has 0 amide bonds. The van der Waals surface area contributed by atoms with Crippen LogP contribution >= 0.6 is 0 Å². The number of nitrogens with zero attached hydrogens (tertiary/aromatic N) is 2. The molecule has 1 aromatic heterocycles. The van der Waals surface area contributed by atoms with Crippen molar-refractivity contribution in [2.24, 2.45) is 0 Å². The fraction of sp³-hybridized carbons (Fsp3) is 0.240. The Morgan fingerprint density at radius 1 is 1.27 bits per heavy atom. The van der Waals surface area contributed by atoms with Gasteiger partial charge in [0, 0.05) is 12.4 Å². The predicted octanol–water partition coefficient (Wildman–Crippen LogP) is 4.91. The predicted molar refractivity (Wildman–Crippen MR) is 113 cm³/mol. The van der Waals surface area contributed by atoms with Crippen molar-refractivity contribution in [1.82, 2.24) is 4.98 Å². The van der Waals surface area contributed by atoms with E-state index in [1.807, 2.05) is 30.3 Å². The quantitative estimate of drug-likeness (QED) is 0.571. The number of aromatic nitrogens is 1. The number of nitriles is 1. The van der Waals surface area contributed by atoms with Gasteiger partial charge in [0.25, 0.3) is 0 Å². The number of hydrogen-bond donors (Lipinski definition) is 0. The summed E-state index contributed by atoms with van der Waals surface area (Å²) in [6.45, 7) is 0.651. The summed E-state index contributed by atoms with van der Waals surface area (Å²) in [5.41, 5.74) is 5.18. The summed E-state index contributed by atoms with van der Waals surface area (Å²) in [6.07, 6.45) is 5.91. The average molecular weight is 398 g/mol. The van der Waals surface area contributed by atoms with E-state index in [0.29, 0.717) is 23.7 Å². The topological polar surface area (TPSA) is 72.2 Å². The fourth-order valence-electron chi connectivity index (χ4n) is 4.03. The highest BCUT2D eigenvalue weighted by molar-refractivity contribution is 5.90. The third-order valence-corrected chi connectivity index (χ3v) is 5.61. The van der Waals surface area contributed by atoms with Gasteiger partial charge in [-0.3, -0.25) is 4.98 Å². The van der Waals surface area contributed by atoms with Crippen molar-refractivity contribution in [3.05, 3.63) is 83.2 Å². The second-order valence-electron chi connectivity index (χ2n) is 7.31. The number of carbonyl (C=O) groups excluding carboxylic acids is 1. The largest absolute Gasteiger partial charge is 0.493 e. The Morgan fingerprint density at radius 2 is 2.13 bits per heavy atom. The zero-order valence-corrected chi connectivity index (χ0v) is 16.8. The Hall–Kier alpha value is -3.65. The normalized spacial score (nSPS) is 14.9. The first-order chi connectivity index (χ1) is 14.7. The van der Waals surface area contributed by atoms with Crippen molar-refractivity contribution in [3.8, 4) is 22.9 Å². The van der Waals surface area contributed by atoms with Crippen LogP contribution < -0.4 is 4.74 Å². The maximum Gasteiger partial charge on any atom is 0.338 e. The number of carbonyl (C=O) groups is 1. The maximum atomic E-state index is 12.0. The molecule has 2 heterocycles. The summed E-state index contributed by atoms with van der Waals surface area (Å²) in [6, 6.07) is 17.7. The lowest BCUT2D eigenvalue weighted by Gasteiger charge is -2.27. The summed E-state index contributed by atoms with van der Waals surface area (Å²) < 4.78 is 10.8. The minimum Gasteiger partial charge on any atom is -0.493 e. The van der Waals surface area contributed by atoms with E-state index < -0.39 is 0 Å². The van der Waals surface area contributed by atoms with Gasteiger partial charge in [-0.1, -0.05) is 30.3 Å². The van der Waals surface area contributed by atoms with Crippen LogP contribution in [0.3, 0.4) is 0 Å². The van der Waals surface area contributed by atoms with E-state index in [4.69, 9.17) is 9.47 Å². The number of hydrogen-bond acceptors (Lipinski definition) is 5. The van der Waals surface area contributed by atoms with Crippen molar-refractivity contribution in [2.45, 2.75) is 25.2 Å². The standard InChI is InChI=1S/C25H22N2O3/c1-29-25(28)23-10-12-27-16-20(23)7-6-17-11-13-30-24-14-18(8-9-22(17)24)21-5-3-2-4-19(21)15-26/h2-5,8-10,12,14,16-17H,6-7,11,13H2,1H3/t17-/m1/s1. The van der Waals surface area contributed by atoms with Crippen molar-refractivity contribution >= 4 is 5.97 Å². The van der Waals surface area contributed by atoms with Gasteiger partial charge in [-0.2, -0.15) is 5.26 Å². The third-order valence-electron chi connectivity index (χ3n) is 5.61. The van der Waals surface area contributed by atoms with Crippen molar-refractivity contribution in [3.63, 3.8) is 0 Å². The van der Waals surface area contributed by atoms with Gasteiger partial charge in [-0.05, 0) is 65.6 Å².